The third-order valence-electron chi connectivity index (χ3n) is 2.42. The predicted molar refractivity (Wildman–Crippen MR) is 70.6 cm³/mol. The number of halogens is 2. The molecule has 0 aliphatic carbocycles. The summed E-state index contributed by atoms with van der Waals surface area (Å²) in [5.41, 5.74) is 6.37. The quantitative estimate of drug-likeness (QED) is 0.693. The number of nitrogens with two attached hydrogens (primary N) is 1. The molecule has 100 valence electrons. The van der Waals surface area contributed by atoms with Crippen molar-refractivity contribution in [1.82, 2.24) is 15.0 Å². The number of aromatic nitrogens is 3. The normalized spacial score (nSPS) is 12.4. The van der Waals surface area contributed by atoms with Gasteiger partial charge in [-0.1, -0.05) is 28.4 Å². The van der Waals surface area contributed by atoms with Crippen molar-refractivity contribution in [1.29, 1.82) is 0 Å². The van der Waals surface area contributed by atoms with Gasteiger partial charge in [-0.3, -0.25) is 10.1 Å². The fourth-order valence-electron chi connectivity index (χ4n) is 1.47. The number of hydrogen-bond acceptors (Lipinski definition) is 5. The van der Waals surface area contributed by atoms with Crippen molar-refractivity contribution in [3.05, 3.63) is 44.2 Å². The molecule has 2 rings (SSSR count). The van der Waals surface area contributed by atoms with Gasteiger partial charge in [0.25, 0.3) is 5.69 Å². The Hall–Kier alpha value is -1.70. The Morgan fingerprint density at radius 3 is 2.42 bits per heavy atom. The largest absolute Gasteiger partial charge is 0.323 e. The highest BCUT2D eigenvalue weighted by Gasteiger charge is 2.17. The second kappa shape index (κ2) is 5.12. The number of hydrogen-bond donors (Lipinski definition) is 1. The minimum Gasteiger partial charge on any atom is -0.323 e. The lowest BCUT2D eigenvalue weighted by molar-refractivity contribution is -0.384. The summed E-state index contributed by atoms with van der Waals surface area (Å²) in [6, 6.07) is 2.12. The van der Waals surface area contributed by atoms with Crippen molar-refractivity contribution in [3.63, 3.8) is 0 Å². The summed E-state index contributed by atoms with van der Waals surface area (Å²) in [5.74, 6) is 0. The number of rotatable bonds is 3. The van der Waals surface area contributed by atoms with Gasteiger partial charge >= 0.3 is 0 Å². The smallest absolute Gasteiger partial charge is 0.272 e. The van der Waals surface area contributed by atoms with Gasteiger partial charge in [0.05, 0.1) is 26.9 Å². The molecule has 0 saturated carbocycles. The molecule has 9 heteroatoms. The lowest BCUT2D eigenvalue weighted by Crippen LogP contribution is -2.05. The first-order valence-corrected chi connectivity index (χ1v) is 5.97. The molecule has 0 saturated heterocycles. The molecule has 0 radical (unpaired) electrons. The Bertz CT molecular complexity index is 618. The van der Waals surface area contributed by atoms with Crippen LogP contribution in [0.5, 0.6) is 0 Å². The van der Waals surface area contributed by atoms with Gasteiger partial charge in [-0.2, -0.15) is 0 Å². The Morgan fingerprint density at radius 2 is 2.00 bits per heavy atom. The zero-order chi connectivity index (χ0) is 14.2. The van der Waals surface area contributed by atoms with Crippen molar-refractivity contribution >= 4 is 28.9 Å². The Labute approximate surface area is 118 Å². The average Bonchev–Trinajstić information content (AvgIpc) is 2.77. The number of non-ortho nitro benzene ring substituents is 1. The minimum absolute atomic E-state index is 0.111. The number of nitrogens with zero attached hydrogens (tertiary/aromatic N) is 4. The Balaban J connectivity index is 2.52. The van der Waals surface area contributed by atoms with Crippen molar-refractivity contribution in [3.8, 4) is 5.69 Å². The van der Waals surface area contributed by atoms with E-state index in [9.17, 15) is 10.1 Å². The van der Waals surface area contributed by atoms with E-state index >= 15 is 0 Å². The minimum atomic E-state index is -0.573. The molecule has 1 aromatic carbocycles. The molecule has 0 amide bonds. The molecular weight excluding hydrogens is 293 g/mol. The standard InChI is InChI=1S/C10H9Cl2N5O2/c1-5(13)9-4-16(15-14-9)10-7(11)2-6(17(18)19)3-8(10)12/h2-5H,13H2,1H3. The summed E-state index contributed by atoms with van der Waals surface area (Å²) in [4.78, 5) is 10.1. The third kappa shape index (κ3) is 2.67. The second-order valence-electron chi connectivity index (χ2n) is 3.89. The van der Waals surface area contributed by atoms with Crippen LogP contribution in [0, 0.1) is 10.1 Å². The van der Waals surface area contributed by atoms with E-state index < -0.39 is 4.92 Å². The van der Waals surface area contributed by atoms with E-state index in [2.05, 4.69) is 10.3 Å². The zero-order valence-electron chi connectivity index (χ0n) is 9.75. The highest BCUT2D eigenvalue weighted by atomic mass is 35.5. The molecule has 0 aliphatic heterocycles. The molecule has 19 heavy (non-hydrogen) atoms. The first-order valence-electron chi connectivity index (χ1n) is 5.21. The lowest BCUT2D eigenvalue weighted by Gasteiger charge is -2.06. The maximum atomic E-state index is 10.7. The predicted octanol–water partition coefficient (Wildman–Crippen LogP) is 2.50. The monoisotopic (exact) mass is 301 g/mol. The van der Waals surface area contributed by atoms with Gasteiger partial charge in [0.2, 0.25) is 0 Å². The molecule has 2 N–H and O–H groups in total. The Kier molecular flexibility index (Phi) is 3.70. The van der Waals surface area contributed by atoms with Gasteiger partial charge in [0, 0.05) is 18.2 Å². The van der Waals surface area contributed by atoms with Gasteiger partial charge in [0.15, 0.2) is 0 Å². The van der Waals surface area contributed by atoms with Crippen LogP contribution in [0.25, 0.3) is 5.69 Å². The summed E-state index contributed by atoms with van der Waals surface area (Å²) < 4.78 is 1.34. The van der Waals surface area contributed by atoms with Crippen molar-refractivity contribution in [2.75, 3.05) is 0 Å². The van der Waals surface area contributed by atoms with Gasteiger partial charge in [-0.25, -0.2) is 4.68 Å². The van der Waals surface area contributed by atoms with Gasteiger partial charge < -0.3 is 5.73 Å². The molecule has 0 fully saturated rings. The van der Waals surface area contributed by atoms with Gasteiger partial charge in [0.1, 0.15) is 5.69 Å². The first kappa shape index (κ1) is 13.7. The van der Waals surface area contributed by atoms with E-state index in [0.29, 0.717) is 11.4 Å². The lowest BCUT2D eigenvalue weighted by atomic mass is 10.2. The van der Waals surface area contributed by atoms with E-state index in [0.717, 1.165) is 0 Å². The second-order valence-corrected chi connectivity index (χ2v) is 4.71. The fraction of sp³-hybridized carbons (Fsp3) is 0.200. The first-order chi connectivity index (χ1) is 8.90. The van der Waals surface area contributed by atoms with Crippen molar-refractivity contribution in [2.24, 2.45) is 5.73 Å². The van der Waals surface area contributed by atoms with Crippen LogP contribution in [0.1, 0.15) is 18.7 Å². The van der Waals surface area contributed by atoms with Crippen molar-refractivity contribution in [2.45, 2.75) is 13.0 Å². The van der Waals surface area contributed by atoms with E-state index in [1.807, 2.05) is 0 Å². The van der Waals surface area contributed by atoms with Crippen LogP contribution < -0.4 is 5.73 Å². The van der Waals surface area contributed by atoms with Crippen LogP contribution in [-0.2, 0) is 0 Å². The van der Waals surface area contributed by atoms with Crippen molar-refractivity contribution < 1.29 is 4.92 Å². The summed E-state index contributed by atoms with van der Waals surface area (Å²) in [7, 11) is 0. The molecule has 1 aromatic heterocycles. The highest BCUT2D eigenvalue weighted by Crippen LogP contribution is 2.32. The zero-order valence-corrected chi connectivity index (χ0v) is 11.3. The maximum absolute atomic E-state index is 10.7. The summed E-state index contributed by atoms with van der Waals surface area (Å²) in [6.45, 7) is 1.76. The molecule has 1 unspecified atom stereocenters. The Morgan fingerprint density at radius 1 is 1.42 bits per heavy atom. The third-order valence-corrected chi connectivity index (χ3v) is 3.00. The van der Waals surface area contributed by atoms with E-state index in [4.69, 9.17) is 28.9 Å². The molecule has 1 atom stereocenters. The fourth-order valence-corrected chi connectivity index (χ4v) is 2.12. The van der Waals surface area contributed by atoms with E-state index in [1.165, 1.54) is 16.8 Å². The SMILES string of the molecule is CC(N)c1cn(-c2c(Cl)cc([N+](=O)[O-])cc2Cl)nn1. The average molecular weight is 302 g/mol. The number of benzene rings is 1. The molecule has 0 aliphatic rings. The van der Waals surface area contributed by atoms with Crippen LogP contribution in [-0.4, -0.2) is 19.9 Å². The number of nitro benzene ring substituents is 1. The summed E-state index contributed by atoms with van der Waals surface area (Å²) in [6.07, 6.45) is 1.57. The highest BCUT2D eigenvalue weighted by molar-refractivity contribution is 6.38. The molecule has 0 bridgehead atoms. The van der Waals surface area contributed by atoms with Crippen LogP contribution in [0.2, 0.25) is 10.0 Å². The molecular formula is C10H9Cl2N5O2. The van der Waals surface area contributed by atoms with Crippen LogP contribution in [0.15, 0.2) is 18.3 Å². The molecule has 2 aromatic rings. The van der Waals surface area contributed by atoms with Crippen LogP contribution >= 0.6 is 23.2 Å². The van der Waals surface area contributed by atoms with Gasteiger partial charge in [-0.05, 0) is 6.92 Å². The van der Waals surface area contributed by atoms with E-state index in [1.54, 1.807) is 13.1 Å². The van der Waals surface area contributed by atoms with Gasteiger partial charge in [-0.15, -0.1) is 5.10 Å². The topological polar surface area (TPSA) is 99.9 Å². The molecule has 1 heterocycles. The summed E-state index contributed by atoms with van der Waals surface area (Å²) >= 11 is 12.0. The molecule has 7 nitrogen and oxygen atoms in total. The maximum Gasteiger partial charge on any atom is 0.272 e. The van der Waals surface area contributed by atoms with Crippen LogP contribution in [0.3, 0.4) is 0 Å². The van der Waals surface area contributed by atoms with Crippen LogP contribution in [0.4, 0.5) is 5.69 Å². The summed E-state index contributed by atoms with van der Waals surface area (Å²) in [5, 5.41) is 18.6. The van der Waals surface area contributed by atoms with E-state index in [-0.39, 0.29) is 21.8 Å². The number of nitro groups is 1. The molecule has 0 spiro atoms.